The molecule has 5 heteroatoms. The van der Waals surface area contributed by atoms with Crippen molar-refractivity contribution < 1.29 is 23.9 Å². The highest BCUT2D eigenvalue weighted by molar-refractivity contribution is 5.89. The molecule has 414 valence electrons. The zero-order valence-corrected chi connectivity index (χ0v) is 47.8. The molecule has 7 aliphatic rings. The number of hydrogen-bond acceptors (Lipinski definition) is 5. The van der Waals surface area contributed by atoms with Gasteiger partial charge in [0.25, 0.3) is 0 Å². The van der Waals surface area contributed by atoms with Crippen molar-refractivity contribution in [1.29, 1.82) is 0 Å². The van der Waals surface area contributed by atoms with E-state index in [1.807, 2.05) is 0 Å². The summed E-state index contributed by atoms with van der Waals surface area (Å²) in [6.45, 7) is 19.7. The van der Waals surface area contributed by atoms with Crippen molar-refractivity contribution >= 4 is 17.7 Å². The van der Waals surface area contributed by atoms with Gasteiger partial charge in [-0.2, -0.15) is 0 Å². The second-order valence-corrected chi connectivity index (χ2v) is 26.9. The molecule has 0 radical (unpaired) electrons. The molecule has 0 aromatic carbocycles. The van der Waals surface area contributed by atoms with Crippen LogP contribution in [0.4, 0.5) is 0 Å². The summed E-state index contributed by atoms with van der Waals surface area (Å²) in [6, 6.07) is 0. The highest BCUT2D eigenvalue weighted by Crippen LogP contribution is 2.64. The molecule has 4 bridgehead atoms. The van der Waals surface area contributed by atoms with E-state index >= 15 is 0 Å². The first-order chi connectivity index (χ1) is 35.6. The van der Waals surface area contributed by atoms with E-state index in [4.69, 9.17) is 9.47 Å². The SMILES string of the molecule is C=CC(=O)CCC1CC2C3CC(COC(=O)CCCCCCC4C(CCCCCC)CCC(CCCCCCCC)C4CCCCCCC(=C)CCC4CC5CC4C4CC(COC(=O)C(=C)C)CC54)C(C3)C2C1. The number of allylic oxidation sites excluding steroid dienone is 2. The smallest absolute Gasteiger partial charge is 0.333 e. The molecule has 73 heavy (non-hydrogen) atoms. The fourth-order valence-electron chi connectivity index (χ4n) is 18.4. The van der Waals surface area contributed by atoms with E-state index in [9.17, 15) is 14.4 Å². The van der Waals surface area contributed by atoms with Crippen molar-refractivity contribution in [2.45, 2.75) is 265 Å². The Labute approximate surface area is 449 Å². The van der Waals surface area contributed by atoms with Gasteiger partial charge in [-0.3, -0.25) is 9.59 Å². The molecule has 7 saturated carbocycles. The number of fused-ring (bicyclic) bond motifs is 10. The number of ether oxygens (including phenoxy) is 2. The van der Waals surface area contributed by atoms with Gasteiger partial charge in [-0.15, -0.1) is 0 Å². The van der Waals surface area contributed by atoms with Crippen LogP contribution >= 0.6 is 0 Å². The van der Waals surface area contributed by atoms with Crippen LogP contribution in [0, 0.1) is 94.7 Å². The van der Waals surface area contributed by atoms with Gasteiger partial charge in [-0.1, -0.05) is 155 Å². The van der Waals surface area contributed by atoms with Crippen LogP contribution < -0.4 is 0 Å². The van der Waals surface area contributed by atoms with E-state index < -0.39 is 0 Å². The lowest BCUT2D eigenvalue weighted by Crippen LogP contribution is -2.35. The number of rotatable bonds is 38. The summed E-state index contributed by atoms with van der Waals surface area (Å²) in [6.07, 6.45) is 51.1. The molecule has 16 unspecified atom stereocenters. The largest absolute Gasteiger partial charge is 0.465 e. The Bertz CT molecular complexity index is 1710. The standard InChI is InChI=1S/C68H112O5/c1-7-10-12-14-15-22-28-53-36-35-52(27-21-13-11-8-2)59(30-24-18-19-25-31-67(70)72-47-57-43-56-45-64(57)65-39-50(38-61(56)65)33-37-58(69)9-3)60(53)29-23-17-16-20-26-49(6)32-34-54-42-55-44-63(54)66-41-51(40-62(55)66)46-73-68(71)48(4)5/h9,50-57,59-66H,3-4,6-8,10-47H2,1-2,5H3. The summed E-state index contributed by atoms with van der Waals surface area (Å²) in [5, 5.41) is 0. The van der Waals surface area contributed by atoms with E-state index in [1.165, 1.54) is 224 Å². The third-order valence-electron chi connectivity index (χ3n) is 22.1. The Hall–Kier alpha value is -2.17. The second-order valence-electron chi connectivity index (χ2n) is 26.9. The van der Waals surface area contributed by atoms with E-state index in [-0.39, 0.29) is 17.7 Å². The van der Waals surface area contributed by atoms with Gasteiger partial charge in [0.2, 0.25) is 0 Å². The predicted octanol–water partition coefficient (Wildman–Crippen LogP) is 18.8. The maximum absolute atomic E-state index is 13.1. The Morgan fingerprint density at radius 1 is 0.452 bits per heavy atom. The summed E-state index contributed by atoms with van der Waals surface area (Å²) in [7, 11) is 0. The lowest BCUT2D eigenvalue weighted by molar-refractivity contribution is -0.146. The third kappa shape index (κ3) is 17.2. The van der Waals surface area contributed by atoms with E-state index in [2.05, 4.69) is 33.6 Å². The number of carbonyl (C=O) groups excluding carboxylic acids is 3. The normalized spacial score (nSPS) is 33.7. The Morgan fingerprint density at radius 3 is 1.58 bits per heavy atom. The molecule has 0 aromatic rings. The molecule has 0 spiro atoms. The molecule has 0 saturated heterocycles. The molecular weight excluding hydrogens is 897 g/mol. The number of hydrogen-bond donors (Lipinski definition) is 0. The van der Waals surface area contributed by atoms with Gasteiger partial charge in [0.05, 0.1) is 13.2 Å². The number of unbranched alkanes of at least 4 members (excludes halogenated alkanes) is 14. The van der Waals surface area contributed by atoms with Crippen molar-refractivity contribution in [1.82, 2.24) is 0 Å². The van der Waals surface area contributed by atoms with Crippen LogP contribution in [0.25, 0.3) is 0 Å². The lowest BCUT2D eigenvalue weighted by Gasteiger charge is -2.44. The summed E-state index contributed by atoms with van der Waals surface area (Å²) in [4.78, 5) is 37.0. The van der Waals surface area contributed by atoms with E-state index in [1.54, 1.807) is 6.92 Å². The first-order valence-electron chi connectivity index (χ1n) is 32.4. The zero-order valence-electron chi connectivity index (χ0n) is 47.8. The molecule has 0 heterocycles. The van der Waals surface area contributed by atoms with Gasteiger partial charge in [0.15, 0.2) is 5.78 Å². The molecule has 0 N–H and O–H groups in total. The van der Waals surface area contributed by atoms with Gasteiger partial charge >= 0.3 is 11.9 Å². The highest BCUT2D eigenvalue weighted by atomic mass is 16.5. The fourth-order valence-corrected chi connectivity index (χ4v) is 18.4. The Balaban J connectivity index is 0.808. The van der Waals surface area contributed by atoms with Gasteiger partial charge in [-0.25, -0.2) is 4.79 Å². The summed E-state index contributed by atoms with van der Waals surface area (Å²) in [5.74, 6) is 13.1. The van der Waals surface area contributed by atoms with E-state index in [0.29, 0.717) is 49.4 Å². The van der Waals surface area contributed by atoms with E-state index in [0.717, 1.165) is 96.2 Å². The number of ketones is 1. The maximum Gasteiger partial charge on any atom is 0.333 e. The highest BCUT2D eigenvalue weighted by Gasteiger charge is 2.57. The topological polar surface area (TPSA) is 69.7 Å². The first-order valence-corrected chi connectivity index (χ1v) is 32.4. The molecule has 0 amide bonds. The van der Waals surface area contributed by atoms with Crippen molar-refractivity contribution in [3.8, 4) is 0 Å². The van der Waals surface area contributed by atoms with Crippen molar-refractivity contribution in [2.24, 2.45) is 94.7 Å². The molecule has 7 aliphatic carbocycles. The molecule has 7 rings (SSSR count). The summed E-state index contributed by atoms with van der Waals surface area (Å²) in [5.41, 5.74) is 2.02. The van der Waals surface area contributed by atoms with Gasteiger partial charge in [-0.05, 0) is 223 Å². The van der Waals surface area contributed by atoms with Crippen LogP contribution in [0.2, 0.25) is 0 Å². The fraction of sp³-hybridized carbons (Fsp3) is 0.868. The number of carbonyl (C=O) groups is 3. The van der Waals surface area contributed by atoms with Gasteiger partial charge in [0.1, 0.15) is 0 Å². The van der Waals surface area contributed by atoms with Crippen LogP contribution in [0.3, 0.4) is 0 Å². The third-order valence-corrected chi connectivity index (χ3v) is 22.1. The number of esters is 2. The average molecular weight is 1010 g/mol. The maximum atomic E-state index is 13.1. The minimum atomic E-state index is -0.218. The van der Waals surface area contributed by atoms with Gasteiger partial charge < -0.3 is 9.47 Å². The molecule has 16 atom stereocenters. The second kappa shape index (κ2) is 30.7. The Morgan fingerprint density at radius 2 is 0.959 bits per heavy atom. The minimum absolute atomic E-state index is 0.0442. The van der Waals surface area contributed by atoms with Gasteiger partial charge in [0, 0.05) is 18.4 Å². The predicted molar refractivity (Wildman–Crippen MR) is 304 cm³/mol. The molecule has 0 aromatic heterocycles. The first kappa shape index (κ1) is 58.5. The lowest BCUT2D eigenvalue weighted by atomic mass is 9.61. The van der Waals surface area contributed by atoms with Crippen LogP contribution in [0.15, 0.2) is 37.0 Å². The quantitative estimate of drug-likeness (QED) is 0.0267. The summed E-state index contributed by atoms with van der Waals surface area (Å²) < 4.78 is 11.6. The van der Waals surface area contributed by atoms with Crippen molar-refractivity contribution in [3.05, 3.63) is 37.0 Å². The molecule has 0 aliphatic heterocycles. The molecule has 5 nitrogen and oxygen atoms in total. The zero-order chi connectivity index (χ0) is 51.5. The average Bonchev–Trinajstić information content (AvgIpc) is 4.26. The monoisotopic (exact) mass is 1010 g/mol. The van der Waals surface area contributed by atoms with Crippen LogP contribution in [-0.2, 0) is 23.9 Å². The van der Waals surface area contributed by atoms with Crippen LogP contribution in [0.1, 0.15) is 265 Å². The van der Waals surface area contributed by atoms with Crippen LogP contribution in [0.5, 0.6) is 0 Å². The van der Waals surface area contributed by atoms with Crippen LogP contribution in [-0.4, -0.2) is 30.9 Å². The Kier molecular flexibility index (Phi) is 24.6. The molecular formula is C68H112O5. The van der Waals surface area contributed by atoms with Crippen molar-refractivity contribution in [3.63, 3.8) is 0 Å². The van der Waals surface area contributed by atoms with Crippen molar-refractivity contribution in [2.75, 3.05) is 13.2 Å². The minimum Gasteiger partial charge on any atom is -0.465 e. The summed E-state index contributed by atoms with van der Waals surface area (Å²) >= 11 is 0. The molecule has 7 fully saturated rings.